The minimum absolute atomic E-state index is 0.0244. The lowest BCUT2D eigenvalue weighted by Gasteiger charge is -2.27. The number of nitrogens with zero attached hydrogens (tertiary/aromatic N) is 3. The number of morpholine rings is 1. The molecule has 0 aliphatic carbocycles. The van der Waals surface area contributed by atoms with Crippen LogP contribution in [0, 0.1) is 11.7 Å². The number of alkyl halides is 3. The van der Waals surface area contributed by atoms with Crippen molar-refractivity contribution in [3.8, 4) is 0 Å². The van der Waals surface area contributed by atoms with Gasteiger partial charge in [-0.15, -0.1) is 11.3 Å². The monoisotopic (exact) mass is 782 g/mol. The van der Waals surface area contributed by atoms with E-state index in [2.05, 4.69) is 0 Å². The van der Waals surface area contributed by atoms with Gasteiger partial charge in [0.1, 0.15) is 18.5 Å². The number of carbonyl (C=O) groups is 6. The Hall–Kier alpha value is -3.78. The molecule has 51 heavy (non-hydrogen) atoms. The molecule has 280 valence electrons. The SMILES string of the molecule is CC(C)[C@H](N)C(=O)SCCCCC(=O)N(C[C@H]1CN(c2ccc(N3CCOCC3=O)cc2F)C(=O)O1)C(=O)c1ccc(Cl)s1.O=C(O)C(F)(F)F. The second-order valence-corrected chi connectivity index (χ2v) is 14.3. The molecule has 20 heteroatoms. The van der Waals surface area contributed by atoms with E-state index in [-0.39, 0.29) is 60.2 Å². The number of cyclic esters (lactones) is 1. The molecule has 2 aliphatic heterocycles. The van der Waals surface area contributed by atoms with Crippen LogP contribution in [0.4, 0.5) is 33.7 Å². The van der Waals surface area contributed by atoms with Gasteiger partial charge in [-0.3, -0.25) is 29.0 Å². The number of carboxylic acids is 1. The third-order valence-corrected chi connectivity index (χ3v) is 9.64. The fourth-order valence-corrected chi connectivity index (χ4v) is 6.61. The number of carbonyl (C=O) groups excluding carboxylic acids is 5. The van der Waals surface area contributed by atoms with Crippen molar-refractivity contribution in [2.45, 2.75) is 51.4 Å². The zero-order chi connectivity index (χ0) is 38.0. The van der Waals surface area contributed by atoms with Gasteiger partial charge in [-0.1, -0.05) is 37.2 Å². The lowest BCUT2D eigenvalue weighted by atomic mass is 10.1. The molecule has 4 rings (SSSR count). The van der Waals surface area contributed by atoms with Crippen LogP contribution in [0.2, 0.25) is 4.34 Å². The fraction of sp³-hybridized carbons (Fsp3) is 0.484. The van der Waals surface area contributed by atoms with Crippen LogP contribution in [0.5, 0.6) is 0 Å². The molecule has 0 unspecified atom stereocenters. The van der Waals surface area contributed by atoms with Crippen molar-refractivity contribution in [2.75, 3.05) is 48.4 Å². The molecular weight excluding hydrogens is 748 g/mol. The number of unbranched alkanes of at least 4 members (excludes halogenated alkanes) is 1. The Morgan fingerprint density at radius 1 is 1.14 bits per heavy atom. The molecule has 0 radical (unpaired) electrons. The van der Waals surface area contributed by atoms with E-state index in [1.165, 1.54) is 29.2 Å². The molecule has 1 aromatic heterocycles. The third-order valence-electron chi connectivity index (χ3n) is 7.37. The molecule has 3 heterocycles. The highest BCUT2D eigenvalue weighted by molar-refractivity contribution is 8.13. The average molecular weight is 783 g/mol. The molecule has 0 bridgehead atoms. The maximum absolute atomic E-state index is 15.2. The summed E-state index contributed by atoms with van der Waals surface area (Å²) in [7, 11) is 0. The summed E-state index contributed by atoms with van der Waals surface area (Å²) in [6.07, 6.45) is -5.83. The number of carboxylic acid groups (broad SMARTS) is 1. The number of nitrogens with two attached hydrogens (primary N) is 1. The number of rotatable bonds is 12. The first-order valence-electron chi connectivity index (χ1n) is 15.4. The Morgan fingerprint density at radius 3 is 2.39 bits per heavy atom. The summed E-state index contributed by atoms with van der Waals surface area (Å²) >= 11 is 8.16. The van der Waals surface area contributed by atoms with Crippen LogP contribution in [0.15, 0.2) is 30.3 Å². The summed E-state index contributed by atoms with van der Waals surface area (Å²) in [4.78, 5) is 76.3. The van der Waals surface area contributed by atoms with Gasteiger partial charge in [0.25, 0.3) is 11.8 Å². The van der Waals surface area contributed by atoms with Gasteiger partial charge in [-0.2, -0.15) is 13.2 Å². The van der Waals surface area contributed by atoms with Crippen molar-refractivity contribution >= 4 is 81.0 Å². The summed E-state index contributed by atoms with van der Waals surface area (Å²) in [6, 6.07) is 6.59. The Morgan fingerprint density at radius 2 is 1.82 bits per heavy atom. The minimum Gasteiger partial charge on any atom is -0.475 e. The summed E-state index contributed by atoms with van der Waals surface area (Å²) in [6.45, 7) is 3.90. The molecule has 3 N–H and O–H groups in total. The van der Waals surface area contributed by atoms with Crippen LogP contribution in [0.3, 0.4) is 0 Å². The summed E-state index contributed by atoms with van der Waals surface area (Å²) in [5.74, 6) is -4.34. The Bertz CT molecular complexity index is 1610. The van der Waals surface area contributed by atoms with Gasteiger partial charge in [-0.25, -0.2) is 14.0 Å². The number of thioether (sulfide) groups is 1. The number of hydrogen-bond acceptors (Lipinski definition) is 11. The maximum atomic E-state index is 15.2. The van der Waals surface area contributed by atoms with Gasteiger partial charge in [0, 0.05) is 24.4 Å². The first-order chi connectivity index (χ1) is 23.9. The third kappa shape index (κ3) is 11.9. The van der Waals surface area contributed by atoms with Gasteiger partial charge in [0.15, 0.2) is 0 Å². The zero-order valence-electron chi connectivity index (χ0n) is 27.3. The number of ether oxygens (including phenoxy) is 2. The van der Waals surface area contributed by atoms with Crippen molar-refractivity contribution in [3.05, 3.63) is 45.4 Å². The Labute approximate surface area is 302 Å². The first-order valence-corrected chi connectivity index (χ1v) is 17.6. The number of hydrogen-bond donors (Lipinski definition) is 2. The van der Waals surface area contributed by atoms with E-state index in [1.54, 1.807) is 6.07 Å². The van der Waals surface area contributed by atoms with Crippen LogP contribution < -0.4 is 15.5 Å². The van der Waals surface area contributed by atoms with Gasteiger partial charge in [0.05, 0.1) is 40.6 Å². The molecule has 2 aromatic rings. The average Bonchev–Trinajstić information content (AvgIpc) is 3.67. The van der Waals surface area contributed by atoms with Crippen LogP contribution in [-0.2, 0) is 28.7 Å². The van der Waals surface area contributed by atoms with Crippen LogP contribution in [0.25, 0.3) is 0 Å². The van der Waals surface area contributed by atoms with Crippen molar-refractivity contribution < 1.29 is 60.9 Å². The normalized spacial score (nSPS) is 16.8. The second-order valence-electron chi connectivity index (χ2n) is 11.5. The van der Waals surface area contributed by atoms with Crippen molar-refractivity contribution in [1.29, 1.82) is 0 Å². The number of anilines is 2. The topological polar surface area (TPSA) is 177 Å². The van der Waals surface area contributed by atoms with Crippen molar-refractivity contribution in [3.63, 3.8) is 0 Å². The predicted octanol–water partition coefficient (Wildman–Crippen LogP) is 4.94. The molecule has 2 saturated heterocycles. The molecule has 2 fully saturated rings. The first kappa shape index (κ1) is 41.6. The number of imide groups is 1. The van der Waals surface area contributed by atoms with Crippen molar-refractivity contribution in [1.82, 2.24) is 4.90 Å². The number of halogens is 5. The largest absolute Gasteiger partial charge is 0.490 e. The summed E-state index contributed by atoms with van der Waals surface area (Å²) < 4.78 is 57.9. The van der Waals surface area contributed by atoms with E-state index in [1.807, 2.05) is 13.8 Å². The highest BCUT2D eigenvalue weighted by atomic mass is 35.5. The molecule has 0 saturated carbocycles. The lowest BCUT2D eigenvalue weighted by Crippen LogP contribution is -2.43. The van der Waals surface area contributed by atoms with Gasteiger partial charge >= 0.3 is 18.2 Å². The van der Waals surface area contributed by atoms with E-state index in [4.69, 9.17) is 36.7 Å². The standard InChI is InChI=1S/C29H34ClFN4O7S2.C2HF3O2/c1-17(2)26(32)28(39)43-12-4-3-5-24(36)35(27(38)22-8-9-23(30)44-22)15-19-14-34(29(40)42-19)21-7-6-18(13-20(21)31)33-10-11-41-16-25(33)37;3-2(4,5)1(6)7/h6-9,13,17,19,26H,3-5,10-12,14-16,32H2,1-2H3;(H,6,7)/t19-,26+;/m1./s1. The lowest BCUT2D eigenvalue weighted by molar-refractivity contribution is -0.192. The Balaban J connectivity index is 0.000000908. The number of thiophene rings is 1. The zero-order valence-corrected chi connectivity index (χ0v) is 29.7. The summed E-state index contributed by atoms with van der Waals surface area (Å²) in [5, 5.41) is 7.02. The predicted molar refractivity (Wildman–Crippen MR) is 180 cm³/mol. The van der Waals surface area contributed by atoms with E-state index in [0.717, 1.165) is 32.9 Å². The van der Waals surface area contributed by atoms with Crippen LogP contribution >= 0.6 is 34.7 Å². The van der Waals surface area contributed by atoms with Crippen molar-refractivity contribution in [2.24, 2.45) is 11.7 Å². The highest BCUT2D eigenvalue weighted by Gasteiger charge is 2.39. The quantitative estimate of drug-likeness (QED) is 0.220. The summed E-state index contributed by atoms with van der Waals surface area (Å²) in [5.41, 5.74) is 6.17. The smallest absolute Gasteiger partial charge is 0.475 e. The van der Waals surface area contributed by atoms with E-state index < -0.39 is 48.0 Å². The van der Waals surface area contributed by atoms with E-state index >= 15 is 4.39 Å². The van der Waals surface area contributed by atoms with Crippen LogP contribution in [-0.4, -0.2) is 102 Å². The number of aliphatic carboxylic acids is 1. The highest BCUT2D eigenvalue weighted by Crippen LogP contribution is 2.30. The molecule has 2 atom stereocenters. The number of benzene rings is 1. The maximum Gasteiger partial charge on any atom is 0.490 e. The second kappa shape index (κ2) is 18.6. The molecule has 4 amide bonds. The van der Waals surface area contributed by atoms with E-state index in [9.17, 15) is 37.1 Å². The fourth-order valence-electron chi connectivity index (χ4n) is 4.61. The van der Waals surface area contributed by atoms with Gasteiger partial charge < -0.3 is 25.2 Å². The van der Waals surface area contributed by atoms with Gasteiger partial charge in [-0.05, 0) is 49.1 Å². The molecule has 13 nitrogen and oxygen atoms in total. The Kier molecular flexibility index (Phi) is 15.2. The molecule has 1 aromatic carbocycles. The van der Waals surface area contributed by atoms with E-state index in [0.29, 0.717) is 35.2 Å². The molecule has 0 spiro atoms. The minimum atomic E-state index is -5.08. The van der Waals surface area contributed by atoms with Gasteiger partial charge in [0.2, 0.25) is 11.0 Å². The molecule has 2 aliphatic rings. The van der Waals surface area contributed by atoms with Crippen LogP contribution in [0.1, 0.15) is 42.8 Å². The number of amides is 4. The molecular formula is C31H35ClF4N4O9S2.